The van der Waals surface area contributed by atoms with Gasteiger partial charge in [0.1, 0.15) is 4.90 Å². The minimum absolute atomic E-state index is 0.0265. The van der Waals surface area contributed by atoms with Crippen molar-refractivity contribution < 1.29 is 13.2 Å². The van der Waals surface area contributed by atoms with Crippen LogP contribution in [0.1, 0.15) is 48.8 Å². The molecule has 1 N–H and O–H groups in total. The summed E-state index contributed by atoms with van der Waals surface area (Å²) >= 11 is 6.20. The maximum atomic E-state index is 13.1. The Bertz CT molecular complexity index is 950. The van der Waals surface area contributed by atoms with E-state index in [-0.39, 0.29) is 27.4 Å². The van der Waals surface area contributed by atoms with E-state index in [0.717, 1.165) is 18.5 Å². The molecule has 0 spiro atoms. The highest BCUT2D eigenvalue weighted by Crippen LogP contribution is 2.29. The van der Waals surface area contributed by atoms with Gasteiger partial charge in [-0.1, -0.05) is 24.6 Å². The monoisotopic (exact) mass is 421 g/mol. The third kappa shape index (κ3) is 4.54. The van der Waals surface area contributed by atoms with Crippen molar-refractivity contribution in [3.63, 3.8) is 0 Å². The Kier molecular flexibility index (Phi) is 6.37. The number of nitrogens with zero attached hydrogens (tertiary/aromatic N) is 2. The number of carbonyl (C=O) groups is 1. The van der Waals surface area contributed by atoms with Gasteiger partial charge in [0.05, 0.1) is 16.8 Å². The number of aromatic nitrogens is 1. The summed E-state index contributed by atoms with van der Waals surface area (Å²) < 4.78 is 27.6. The molecule has 0 saturated carbocycles. The Labute approximate surface area is 171 Å². The van der Waals surface area contributed by atoms with Crippen molar-refractivity contribution in [2.45, 2.75) is 37.6 Å². The minimum atomic E-state index is -3.75. The Hall–Kier alpha value is -1.96. The van der Waals surface area contributed by atoms with Gasteiger partial charge in [-0.2, -0.15) is 4.31 Å². The summed E-state index contributed by atoms with van der Waals surface area (Å²) in [6.45, 7) is 4.79. The van der Waals surface area contributed by atoms with Gasteiger partial charge in [-0.3, -0.25) is 9.78 Å². The molecule has 6 nitrogen and oxygen atoms in total. The highest BCUT2D eigenvalue weighted by atomic mass is 35.5. The van der Waals surface area contributed by atoms with E-state index < -0.39 is 10.0 Å². The fraction of sp³-hybridized carbons (Fsp3) is 0.400. The van der Waals surface area contributed by atoms with E-state index in [4.69, 9.17) is 11.6 Å². The van der Waals surface area contributed by atoms with Gasteiger partial charge >= 0.3 is 0 Å². The third-order valence-corrected chi connectivity index (χ3v) is 7.26. The van der Waals surface area contributed by atoms with Gasteiger partial charge in [0.15, 0.2) is 0 Å². The fourth-order valence-electron chi connectivity index (χ4n) is 3.33. The number of amides is 1. The Morgan fingerprint density at radius 1 is 1.32 bits per heavy atom. The lowest BCUT2D eigenvalue weighted by molar-refractivity contribution is 0.0939. The van der Waals surface area contributed by atoms with Gasteiger partial charge in [-0.05, 0) is 56.0 Å². The third-order valence-electron chi connectivity index (χ3n) is 4.91. The first kappa shape index (κ1) is 20.8. The average Bonchev–Trinajstić information content (AvgIpc) is 2.68. The number of sulfonamides is 1. The molecule has 1 aliphatic heterocycles. The lowest BCUT2D eigenvalue weighted by atomic mass is 10.0. The topological polar surface area (TPSA) is 79.4 Å². The van der Waals surface area contributed by atoms with Gasteiger partial charge in [0.25, 0.3) is 5.91 Å². The van der Waals surface area contributed by atoms with Crippen LogP contribution >= 0.6 is 11.6 Å². The van der Waals surface area contributed by atoms with Crippen LogP contribution in [0.5, 0.6) is 0 Å². The van der Waals surface area contributed by atoms with Crippen LogP contribution in [0.4, 0.5) is 0 Å². The molecular weight excluding hydrogens is 398 g/mol. The van der Waals surface area contributed by atoms with Crippen LogP contribution in [-0.2, 0) is 10.0 Å². The van der Waals surface area contributed by atoms with Gasteiger partial charge < -0.3 is 5.32 Å². The molecule has 150 valence electrons. The fourth-order valence-corrected chi connectivity index (χ4v) is 5.43. The van der Waals surface area contributed by atoms with Gasteiger partial charge in [0, 0.05) is 24.8 Å². The van der Waals surface area contributed by atoms with E-state index in [0.29, 0.717) is 19.0 Å². The number of halogens is 1. The molecule has 0 radical (unpaired) electrons. The predicted octanol–water partition coefficient (Wildman–Crippen LogP) is 3.65. The molecule has 8 heteroatoms. The van der Waals surface area contributed by atoms with E-state index in [2.05, 4.69) is 10.3 Å². The smallest absolute Gasteiger partial charge is 0.251 e. The zero-order valence-electron chi connectivity index (χ0n) is 15.9. The van der Waals surface area contributed by atoms with Crippen molar-refractivity contribution in [3.8, 4) is 0 Å². The van der Waals surface area contributed by atoms with Crippen molar-refractivity contribution in [1.29, 1.82) is 0 Å². The molecule has 3 rings (SSSR count). The highest BCUT2D eigenvalue weighted by Gasteiger charge is 2.31. The molecule has 28 heavy (non-hydrogen) atoms. The van der Waals surface area contributed by atoms with Crippen LogP contribution in [0.2, 0.25) is 5.02 Å². The molecule has 2 aromatic rings. The highest BCUT2D eigenvalue weighted by molar-refractivity contribution is 7.89. The molecule has 1 aliphatic rings. The number of hydrogen-bond donors (Lipinski definition) is 1. The van der Waals surface area contributed by atoms with Gasteiger partial charge in [-0.15, -0.1) is 0 Å². The Morgan fingerprint density at radius 3 is 2.79 bits per heavy atom. The minimum Gasteiger partial charge on any atom is -0.344 e. The van der Waals surface area contributed by atoms with Crippen LogP contribution in [0.15, 0.2) is 47.5 Å². The number of nitrogens with one attached hydrogen (secondary N) is 1. The maximum Gasteiger partial charge on any atom is 0.251 e. The molecule has 1 aromatic heterocycles. The Balaban J connectivity index is 1.83. The van der Waals surface area contributed by atoms with Crippen LogP contribution in [0.3, 0.4) is 0 Å². The molecule has 1 saturated heterocycles. The van der Waals surface area contributed by atoms with Crippen LogP contribution < -0.4 is 5.32 Å². The van der Waals surface area contributed by atoms with E-state index in [1.807, 2.05) is 26.0 Å². The average molecular weight is 422 g/mol. The SMILES string of the molecule is CC1CCCN(S(=O)(=O)c2cc(C(=O)NC(C)c3ccccn3)ccc2Cl)C1. The Morgan fingerprint density at radius 2 is 2.11 bits per heavy atom. The predicted molar refractivity (Wildman–Crippen MR) is 109 cm³/mol. The molecule has 2 atom stereocenters. The summed E-state index contributed by atoms with van der Waals surface area (Å²) in [6.07, 6.45) is 3.48. The molecule has 2 heterocycles. The van der Waals surface area contributed by atoms with Crippen LogP contribution in [-0.4, -0.2) is 36.7 Å². The normalized spacial score (nSPS) is 19.2. The first-order valence-electron chi connectivity index (χ1n) is 9.30. The molecular formula is C20H24ClN3O3S. The standard InChI is InChI=1S/C20H24ClN3O3S/c1-14-6-5-11-24(13-14)28(26,27)19-12-16(8-9-17(19)21)20(25)23-15(2)18-7-3-4-10-22-18/h3-4,7-10,12,14-15H,5-6,11,13H2,1-2H3,(H,23,25). The number of hydrogen-bond acceptors (Lipinski definition) is 4. The van der Waals surface area contributed by atoms with Gasteiger partial charge in [-0.25, -0.2) is 8.42 Å². The van der Waals surface area contributed by atoms with E-state index in [1.54, 1.807) is 12.3 Å². The molecule has 0 bridgehead atoms. The number of pyridine rings is 1. The maximum absolute atomic E-state index is 13.1. The molecule has 1 amide bonds. The summed E-state index contributed by atoms with van der Waals surface area (Å²) in [6, 6.07) is 9.50. The number of piperidine rings is 1. The van der Waals surface area contributed by atoms with Crippen molar-refractivity contribution in [2.75, 3.05) is 13.1 Å². The second-order valence-electron chi connectivity index (χ2n) is 7.21. The summed E-state index contributed by atoms with van der Waals surface area (Å²) in [5.74, 6) is -0.0775. The molecule has 1 fully saturated rings. The largest absolute Gasteiger partial charge is 0.344 e. The van der Waals surface area contributed by atoms with Crippen molar-refractivity contribution in [2.24, 2.45) is 5.92 Å². The summed E-state index contributed by atoms with van der Waals surface area (Å²) in [4.78, 5) is 16.9. The summed E-state index contributed by atoms with van der Waals surface area (Å²) in [7, 11) is -3.75. The molecule has 2 unspecified atom stereocenters. The molecule has 1 aromatic carbocycles. The summed E-state index contributed by atoms with van der Waals surface area (Å²) in [5, 5.41) is 2.96. The lowest BCUT2D eigenvalue weighted by Gasteiger charge is -2.30. The van der Waals surface area contributed by atoms with Crippen LogP contribution in [0.25, 0.3) is 0 Å². The van der Waals surface area contributed by atoms with Crippen molar-refractivity contribution in [3.05, 3.63) is 58.9 Å². The number of carbonyl (C=O) groups excluding carboxylic acids is 1. The van der Waals surface area contributed by atoms with Crippen molar-refractivity contribution >= 4 is 27.5 Å². The quantitative estimate of drug-likeness (QED) is 0.799. The first-order valence-corrected chi connectivity index (χ1v) is 11.1. The summed E-state index contributed by atoms with van der Waals surface area (Å²) in [5.41, 5.74) is 0.968. The second-order valence-corrected chi connectivity index (χ2v) is 9.52. The van der Waals surface area contributed by atoms with Crippen molar-refractivity contribution in [1.82, 2.24) is 14.6 Å². The molecule has 0 aliphatic carbocycles. The van der Waals surface area contributed by atoms with Gasteiger partial charge in [0.2, 0.25) is 10.0 Å². The zero-order chi connectivity index (χ0) is 20.3. The number of benzene rings is 1. The van der Waals surface area contributed by atoms with E-state index in [1.165, 1.54) is 22.5 Å². The second kappa shape index (κ2) is 8.59. The van der Waals surface area contributed by atoms with Crippen LogP contribution in [0, 0.1) is 5.92 Å². The first-order chi connectivity index (χ1) is 13.3. The zero-order valence-corrected chi connectivity index (χ0v) is 17.5. The van der Waals surface area contributed by atoms with E-state index >= 15 is 0 Å². The lowest BCUT2D eigenvalue weighted by Crippen LogP contribution is -2.39. The van der Waals surface area contributed by atoms with E-state index in [9.17, 15) is 13.2 Å². The number of rotatable bonds is 5.